The van der Waals surface area contributed by atoms with Crippen molar-refractivity contribution >= 4 is 22.4 Å². The Morgan fingerprint density at radius 1 is 1.26 bits per heavy atom. The second-order valence-electron chi connectivity index (χ2n) is 5.35. The summed E-state index contributed by atoms with van der Waals surface area (Å²) >= 11 is 1.41. The van der Waals surface area contributed by atoms with Gasteiger partial charge >= 0.3 is 5.97 Å². The minimum Gasteiger partial charge on any atom is -0.462 e. The van der Waals surface area contributed by atoms with Gasteiger partial charge in [-0.05, 0) is 24.6 Å². The Morgan fingerprint density at radius 3 is 2.70 bits per heavy atom. The van der Waals surface area contributed by atoms with Crippen molar-refractivity contribution in [3.63, 3.8) is 0 Å². The average molecular weight is 332 g/mol. The smallest absolute Gasteiger partial charge is 0.350 e. The average Bonchev–Trinajstić information content (AvgIpc) is 3.07. The highest BCUT2D eigenvalue weighted by atomic mass is 32.1. The van der Waals surface area contributed by atoms with Gasteiger partial charge in [0.15, 0.2) is 5.13 Å². The van der Waals surface area contributed by atoms with Gasteiger partial charge in [0.2, 0.25) is 0 Å². The Balaban J connectivity index is 1.54. The fraction of sp³-hybridized carbons (Fsp3) is 0.438. The molecule has 0 unspecified atom stereocenters. The third-order valence-electron chi connectivity index (χ3n) is 3.77. The van der Waals surface area contributed by atoms with Crippen LogP contribution in [0.1, 0.15) is 22.2 Å². The van der Waals surface area contributed by atoms with E-state index in [1.807, 2.05) is 19.3 Å². The minimum absolute atomic E-state index is 0.285. The van der Waals surface area contributed by atoms with Gasteiger partial charge in [0.05, 0.1) is 12.8 Å². The van der Waals surface area contributed by atoms with E-state index >= 15 is 0 Å². The molecule has 0 radical (unpaired) electrons. The molecule has 23 heavy (non-hydrogen) atoms. The first-order valence-electron chi connectivity index (χ1n) is 7.75. The van der Waals surface area contributed by atoms with Gasteiger partial charge in [-0.25, -0.2) is 9.78 Å². The second kappa shape index (κ2) is 7.52. The van der Waals surface area contributed by atoms with Crippen molar-refractivity contribution in [2.75, 3.05) is 37.7 Å². The van der Waals surface area contributed by atoms with E-state index in [-0.39, 0.29) is 5.97 Å². The molecule has 6 nitrogen and oxygen atoms in total. The molecule has 3 heterocycles. The van der Waals surface area contributed by atoms with Gasteiger partial charge in [-0.15, -0.1) is 0 Å². The first kappa shape index (κ1) is 15.9. The maximum absolute atomic E-state index is 11.7. The number of carbonyl (C=O) groups is 1. The van der Waals surface area contributed by atoms with Gasteiger partial charge in [-0.2, -0.15) is 0 Å². The van der Waals surface area contributed by atoms with E-state index in [2.05, 4.69) is 31.9 Å². The molecule has 0 aliphatic carbocycles. The Labute approximate surface area is 139 Å². The third kappa shape index (κ3) is 4.05. The minimum atomic E-state index is -0.285. The molecule has 1 aliphatic rings. The number of hydrogen-bond acceptors (Lipinski definition) is 7. The molecule has 0 amide bonds. The van der Waals surface area contributed by atoms with Crippen molar-refractivity contribution in [3.05, 3.63) is 41.2 Å². The zero-order valence-corrected chi connectivity index (χ0v) is 14.0. The van der Waals surface area contributed by atoms with Crippen LogP contribution in [0.15, 0.2) is 30.7 Å². The Morgan fingerprint density at radius 2 is 2.00 bits per heavy atom. The Kier molecular flexibility index (Phi) is 5.19. The summed E-state index contributed by atoms with van der Waals surface area (Å²) in [5.41, 5.74) is 1.28. The fourth-order valence-corrected chi connectivity index (χ4v) is 3.41. The van der Waals surface area contributed by atoms with Crippen LogP contribution in [-0.2, 0) is 11.3 Å². The predicted octanol–water partition coefficient (Wildman–Crippen LogP) is 2.04. The summed E-state index contributed by atoms with van der Waals surface area (Å²) in [6, 6.07) is 4.11. The van der Waals surface area contributed by atoms with Crippen molar-refractivity contribution in [3.8, 4) is 0 Å². The molecule has 0 saturated carbocycles. The first-order chi connectivity index (χ1) is 11.3. The molecule has 7 heteroatoms. The van der Waals surface area contributed by atoms with Gasteiger partial charge in [-0.3, -0.25) is 9.88 Å². The number of carbonyl (C=O) groups excluding carboxylic acids is 1. The molecule has 2 aromatic rings. The van der Waals surface area contributed by atoms with Gasteiger partial charge in [-0.1, -0.05) is 11.3 Å². The summed E-state index contributed by atoms with van der Waals surface area (Å²) in [6.07, 6.45) is 5.28. The number of rotatable bonds is 5. The van der Waals surface area contributed by atoms with Crippen LogP contribution in [0.5, 0.6) is 0 Å². The van der Waals surface area contributed by atoms with Gasteiger partial charge in [0.1, 0.15) is 4.88 Å². The van der Waals surface area contributed by atoms with Crippen LogP contribution in [0.25, 0.3) is 0 Å². The molecule has 2 aromatic heterocycles. The number of nitrogens with zero attached hydrogens (tertiary/aromatic N) is 4. The molecule has 1 aliphatic heterocycles. The van der Waals surface area contributed by atoms with Gasteiger partial charge < -0.3 is 9.64 Å². The van der Waals surface area contributed by atoms with Crippen molar-refractivity contribution in [1.82, 2.24) is 14.9 Å². The van der Waals surface area contributed by atoms with E-state index < -0.39 is 0 Å². The summed E-state index contributed by atoms with van der Waals surface area (Å²) in [5.74, 6) is -0.285. The highest BCUT2D eigenvalue weighted by Crippen LogP contribution is 2.24. The maximum atomic E-state index is 11.7. The number of hydrogen-bond donors (Lipinski definition) is 0. The van der Waals surface area contributed by atoms with Crippen LogP contribution >= 0.6 is 11.3 Å². The van der Waals surface area contributed by atoms with E-state index in [1.165, 1.54) is 16.9 Å². The standard InChI is InChI=1S/C16H20N4O2S/c1-2-22-15(21)14-11-18-16(23-14)20-9-7-19(8-10-20)12-13-3-5-17-6-4-13/h3-6,11H,2,7-10,12H2,1H3. The van der Waals surface area contributed by atoms with Gasteiger partial charge in [0, 0.05) is 45.1 Å². The quantitative estimate of drug-likeness (QED) is 0.781. The van der Waals surface area contributed by atoms with Crippen LogP contribution in [0.2, 0.25) is 0 Å². The van der Waals surface area contributed by atoms with Crippen molar-refractivity contribution < 1.29 is 9.53 Å². The number of pyridine rings is 1. The van der Waals surface area contributed by atoms with Gasteiger partial charge in [0.25, 0.3) is 0 Å². The molecular formula is C16H20N4O2S. The van der Waals surface area contributed by atoms with Crippen LogP contribution in [0.3, 0.4) is 0 Å². The van der Waals surface area contributed by atoms with Crippen molar-refractivity contribution in [1.29, 1.82) is 0 Å². The number of esters is 1. The van der Waals surface area contributed by atoms with E-state index in [4.69, 9.17) is 4.74 Å². The normalized spacial score (nSPS) is 15.6. The van der Waals surface area contributed by atoms with Crippen LogP contribution in [0.4, 0.5) is 5.13 Å². The summed E-state index contributed by atoms with van der Waals surface area (Å²) < 4.78 is 5.01. The lowest BCUT2D eigenvalue weighted by molar-refractivity contribution is 0.0532. The highest BCUT2D eigenvalue weighted by Gasteiger charge is 2.21. The summed E-state index contributed by atoms with van der Waals surface area (Å²) in [4.78, 5) is 25.4. The van der Waals surface area contributed by atoms with E-state index in [1.54, 1.807) is 6.20 Å². The maximum Gasteiger partial charge on any atom is 0.350 e. The van der Waals surface area contributed by atoms with Crippen molar-refractivity contribution in [2.45, 2.75) is 13.5 Å². The summed E-state index contributed by atoms with van der Waals surface area (Å²) in [6.45, 7) is 6.94. The fourth-order valence-electron chi connectivity index (χ4n) is 2.55. The first-order valence-corrected chi connectivity index (χ1v) is 8.57. The van der Waals surface area contributed by atoms with Crippen LogP contribution in [-0.4, -0.2) is 53.6 Å². The van der Waals surface area contributed by atoms with Crippen LogP contribution in [0, 0.1) is 0 Å². The third-order valence-corrected chi connectivity index (χ3v) is 4.81. The lowest BCUT2D eigenvalue weighted by Crippen LogP contribution is -2.45. The molecule has 3 rings (SSSR count). The largest absolute Gasteiger partial charge is 0.462 e. The van der Waals surface area contributed by atoms with E-state index in [0.717, 1.165) is 37.9 Å². The molecule has 1 fully saturated rings. The Hall–Kier alpha value is -1.99. The number of aromatic nitrogens is 2. The molecule has 0 aromatic carbocycles. The number of anilines is 1. The van der Waals surface area contributed by atoms with Crippen LogP contribution < -0.4 is 4.90 Å². The van der Waals surface area contributed by atoms with E-state index in [9.17, 15) is 4.79 Å². The second-order valence-corrected chi connectivity index (χ2v) is 6.36. The lowest BCUT2D eigenvalue weighted by atomic mass is 10.2. The Bertz CT molecular complexity index is 639. The molecular weight excluding hydrogens is 312 g/mol. The molecule has 0 N–H and O–H groups in total. The number of piperazine rings is 1. The number of ether oxygens (including phenoxy) is 1. The molecule has 0 bridgehead atoms. The lowest BCUT2D eigenvalue weighted by Gasteiger charge is -2.34. The zero-order valence-electron chi connectivity index (χ0n) is 13.1. The molecule has 0 spiro atoms. The number of thiazole rings is 1. The molecule has 122 valence electrons. The molecule has 0 atom stereocenters. The SMILES string of the molecule is CCOC(=O)c1cnc(N2CCN(Cc3ccncc3)CC2)s1. The predicted molar refractivity (Wildman–Crippen MR) is 89.8 cm³/mol. The molecule has 1 saturated heterocycles. The monoisotopic (exact) mass is 332 g/mol. The summed E-state index contributed by atoms with van der Waals surface area (Å²) in [5, 5.41) is 0.900. The highest BCUT2D eigenvalue weighted by molar-refractivity contribution is 7.17. The van der Waals surface area contributed by atoms with E-state index in [0.29, 0.717) is 11.5 Å². The van der Waals surface area contributed by atoms with Crippen molar-refractivity contribution in [2.24, 2.45) is 0 Å². The topological polar surface area (TPSA) is 58.6 Å². The zero-order chi connectivity index (χ0) is 16.1. The summed E-state index contributed by atoms with van der Waals surface area (Å²) in [7, 11) is 0.